The summed E-state index contributed by atoms with van der Waals surface area (Å²) in [6.07, 6.45) is 10.5. The molecule has 0 nitrogen and oxygen atoms in total. The van der Waals surface area contributed by atoms with Gasteiger partial charge in [-0.25, -0.2) is 0 Å². The van der Waals surface area contributed by atoms with Crippen LogP contribution in [-0.2, 0) is 0 Å². The first-order valence-electron chi connectivity index (χ1n) is 4.60. The van der Waals surface area contributed by atoms with E-state index in [9.17, 15) is 0 Å². The van der Waals surface area contributed by atoms with Gasteiger partial charge in [0.05, 0.1) is 0 Å². The molecule has 0 aliphatic heterocycles. The summed E-state index contributed by atoms with van der Waals surface area (Å²) in [4.78, 5) is 0. The van der Waals surface area contributed by atoms with Crippen molar-refractivity contribution in [1.82, 2.24) is 0 Å². The van der Waals surface area contributed by atoms with E-state index >= 15 is 0 Å². The van der Waals surface area contributed by atoms with Crippen LogP contribution in [0.4, 0.5) is 0 Å². The van der Waals surface area contributed by atoms with Crippen LogP contribution in [0.5, 0.6) is 0 Å². The van der Waals surface area contributed by atoms with Crippen molar-refractivity contribution >= 4 is 0 Å². The molecule has 0 aromatic carbocycles. The highest BCUT2D eigenvalue weighted by Crippen LogP contribution is 2.11. The Morgan fingerprint density at radius 1 is 1.36 bits per heavy atom. The predicted molar refractivity (Wildman–Crippen MR) is 52.7 cm³/mol. The summed E-state index contributed by atoms with van der Waals surface area (Å²) >= 11 is 0. The van der Waals surface area contributed by atoms with Crippen LogP contribution in [0, 0.1) is 0 Å². The molecular weight excluding hydrogens is 132 g/mol. The number of hydrogen-bond acceptors (Lipinski definition) is 0. The average molecular weight is 152 g/mol. The lowest BCUT2D eigenvalue weighted by Crippen LogP contribution is -1.81. The van der Waals surface area contributed by atoms with Crippen molar-refractivity contribution < 1.29 is 0 Å². The van der Waals surface area contributed by atoms with Gasteiger partial charge in [-0.1, -0.05) is 24.6 Å². The van der Waals surface area contributed by atoms with Gasteiger partial charge in [0.15, 0.2) is 0 Å². The number of unbranched alkanes of at least 4 members (excludes halogenated alkanes) is 2. The van der Waals surface area contributed by atoms with E-state index in [4.69, 9.17) is 0 Å². The summed E-state index contributed by atoms with van der Waals surface area (Å²) in [5, 5.41) is 0. The second kappa shape index (κ2) is 7.59. The van der Waals surface area contributed by atoms with Gasteiger partial charge in [0.2, 0.25) is 0 Å². The molecule has 0 aliphatic rings. The molecule has 11 heavy (non-hydrogen) atoms. The lowest BCUT2D eigenvalue weighted by atomic mass is 10.1. The van der Waals surface area contributed by atoms with Gasteiger partial charge in [0.1, 0.15) is 0 Å². The fraction of sp³-hybridized carbons (Fsp3) is 0.636. The quantitative estimate of drug-likeness (QED) is 0.397. The molecule has 0 heteroatoms. The molecule has 0 unspecified atom stereocenters. The van der Waals surface area contributed by atoms with Crippen LogP contribution in [0.2, 0.25) is 0 Å². The Bertz CT molecular complexity index is 120. The summed E-state index contributed by atoms with van der Waals surface area (Å²) in [7, 11) is 0. The van der Waals surface area contributed by atoms with Crippen molar-refractivity contribution in [2.24, 2.45) is 0 Å². The number of hydrogen-bond donors (Lipinski definition) is 0. The van der Waals surface area contributed by atoms with Gasteiger partial charge in [-0.05, 0) is 39.0 Å². The predicted octanol–water partition coefficient (Wildman–Crippen LogP) is 4.09. The Hall–Kier alpha value is -0.520. The molecule has 0 saturated heterocycles. The summed E-state index contributed by atoms with van der Waals surface area (Å²) in [6.45, 7) is 8.06. The van der Waals surface area contributed by atoms with Crippen molar-refractivity contribution in [1.29, 1.82) is 0 Å². The highest BCUT2D eigenvalue weighted by Gasteiger charge is 1.91. The van der Waals surface area contributed by atoms with E-state index in [0.717, 1.165) is 0 Å². The van der Waals surface area contributed by atoms with E-state index in [1.807, 2.05) is 6.08 Å². The first-order valence-corrected chi connectivity index (χ1v) is 4.60. The molecule has 0 aromatic heterocycles. The largest absolute Gasteiger partial charge is 0.103 e. The van der Waals surface area contributed by atoms with Crippen molar-refractivity contribution in [2.75, 3.05) is 0 Å². The van der Waals surface area contributed by atoms with Crippen molar-refractivity contribution in [3.63, 3.8) is 0 Å². The molecule has 0 saturated carbocycles. The van der Waals surface area contributed by atoms with Crippen LogP contribution in [0.25, 0.3) is 0 Å². The van der Waals surface area contributed by atoms with Gasteiger partial charge in [-0.2, -0.15) is 0 Å². The summed E-state index contributed by atoms with van der Waals surface area (Å²) in [5.74, 6) is 0. The van der Waals surface area contributed by atoms with Gasteiger partial charge >= 0.3 is 0 Å². The third-order valence-corrected chi connectivity index (χ3v) is 2.02. The van der Waals surface area contributed by atoms with Gasteiger partial charge in [0.25, 0.3) is 0 Å². The summed E-state index contributed by atoms with van der Waals surface area (Å²) in [6, 6.07) is 0. The van der Waals surface area contributed by atoms with E-state index in [1.54, 1.807) is 5.57 Å². The lowest BCUT2D eigenvalue weighted by molar-refractivity contribution is 0.727. The SMILES string of the molecule is C=CCCCC/C(=C/C)CC. The molecule has 0 atom stereocenters. The molecule has 0 spiro atoms. The molecule has 0 rings (SSSR count). The van der Waals surface area contributed by atoms with E-state index in [0.29, 0.717) is 0 Å². The fourth-order valence-corrected chi connectivity index (χ4v) is 1.17. The smallest absolute Gasteiger partial charge is 0.0320 e. The summed E-state index contributed by atoms with van der Waals surface area (Å²) in [5.41, 5.74) is 1.59. The second-order valence-corrected chi connectivity index (χ2v) is 2.83. The normalized spacial score (nSPS) is 11.6. The van der Waals surface area contributed by atoms with E-state index in [1.165, 1.54) is 32.1 Å². The zero-order chi connectivity index (χ0) is 8.53. The Morgan fingerprint density at radius 3 is 2.55 bits per heavy atom. The van der Waals surface area contributed by atoms with E-state index in [2.05, 4.69) is 26.5 Å². The number of allylic oxidation sites excluding steroid dienone is 3. The maximum Gasteiger partial charge on any atom is -0.0320 e. The van der Waals surface area contributed by atoms with Crippen LogP contribution in [-0.4, -0.2) is 0 Å². The lowest BCUT2D eigenvalue weighted by Gasteiger charge is -2.01. The fourth-order valence-electron chi connectivity index (χ4n) is 1.17. The first kappa shape index (κ1) is 10.5. The molecule has 0 aliphatic carbocycles. The molecule has 64 valence electrons. The zero-order valence-electron chi connectivity index (χ0n) is 7.90. The average Bonchev–Trinajstić information content (AvgIpc) is 2.05. The van der Waals surface area contributed by atoms with Gasteiger partial charge < -0.3 is 0 Å². The highest BCUT2D eigenvalue weighted by molar-refractivity contribution is 4.98. The van der Waals surface area contributed by atoms with Gasteiger partial charge in [0, 0.05) is 0 Å². The van der Waals surface area contributed by atoms with Crippen LogP contribution in [0.1, 0.15) is 46.0 Å². The van der Waals surface area contributed by atoms with E-state index < -0.39 is 0 Å². The molecule has 0 fully saturated rings. The zero-order valence-corrected chi connectivity index (χ0v) is 7.90. The Labute approximate surface area is 71.0 Å². The molecule has 0 heterocycles. The minimum absolute atomic E-state index is 1.17. The minimum atomic E-state index is 1.17. The maximum atomic E-state index is 3.70. The van der Waals surface area contributed by atoms with E-state index in [-0.39, 0.29) is 0 Å². The molecule has 0 radical (unpaired) electrons. The Morgan fingerprint density at radius 2 is 2.09 bits per heavy atom. The minimum Gasteiger partial charge on any atom is -0.103 e. The summed E-state index contributed by atoms with van der Waals surface area (Å²) < 4.78 is 0. The standard InChI is InChI=1S/C11H20/c1-4-7-8-9-10-11(5-2)6-3/h4-5H,1,6-10H2,2-3H3/b11-5+. The van der Waals surface area contributed by atoms with Crippen LogP contribution < -0.4 is 0 Å². The van der Waals surface area contributed by atoms with Crippen LogP contribution in [0.3, 0.4) is 0 Å². The Balaban J connectivity index is 3.29. The Kier molecular flexibility index (Phi) is 7.23. The first-order chi connectivity index (χ1) is 5.35. The highest BCUT2D eigenvalue weighted by atomic mass is 14.0. The van der Waals surface area contributed by atoms with Gasteiger partial charge in [-0.15, -0.1) is 6.58 Å². The monoisotopic (exact) mass is 152 g/mol. The van der Waals surface area contributed by atoms with Crippen molar-refractivity contribution in [3.8, 4) is 0 Å². The van der Waals surface area contributed by atoms with Crippen molar-refractivity contribution in [2.45, 2.75) is 46.0 Å². The molecule has 0 bridgehead atoms. The molecular formula is C11H20. The second-order valence-electron chi connectivity index (χ2n) is 2.83. The van der Waals surface area contributed by atoms with Crippen molar-refractivity contribution in [3.05, 3.63) is 24.3 Å². The van der Waals surface area contributed by atoms with Gasteiger partial charge in [-0.3, -0.25) is 0 Å². The topological polar surface area (TPSA) is 0 Å². The maximum absolute atomic E-state index is 3.70. The number of rotatable bonds is 6. The third-order valence-electron chi connectivity index (χ3n) is 2.02. The molecule has 0 N–H and O–H groups in total. The van der Waals surface area contributed by atoms with Crippen LogP contribution >= 0.6 is 0 Å². The molecule has 0 amide bonds. The molecule has 0 aromatic rings. The third kappa shape index (κ3) is 5.90. The van der Waals surface area contributed by atoms with Crippen LogP contribution in [0.15, 0.2) is 24.3 Å².